The fourth-order valence-corrected chi connectivity index (χ4v) is 5.66. The average molecular weight is 513 g/mol. The van der Waals surface area contributed by atoms with Crippen LogP contribution in [0.1, 0.15) is 44.7 Å². The monoisotopic (exact) mass is 512 g/mol. The van der Waals surface area contributed by atoms with E-state index in [1.165, 1.54) is 16.6 Å². The van der Waals surface area contributed by atoms with Crippen molar-refractivity contribution in [2.24, 2.45) is 0 Å². The molecule has 0 fully saturated rings. The van der Waals surface area contributed by atoms with Gasteiger partial charge in [0.25, 0.3) is 5.91 Å². The minimum atomic E-state index is -0.165. The molecule has 0 unspecified atom stereocenters. The molecule has 1 aliphatic heterocycles. The number of carbonyl (C=O) groups is 1. The van der Waals surface area contributed by atoms with Gasteiger partial charge in [-0.1, -0.05) is 71.7 Å². The van der Waals surface area contributed by atoms with E-state index < -0.39 is 0 Å². The van der Waals surface area contributed by atoms with E-state index in [1.54, 1.807) is 24.3 Å². The maximum absolute atomic E-state index is 12.8. The molecule has 2 atom stereocenters. The number of hydrogen-bond acceptors (Lipinski definition) is 1. The van der Waals surface area contributed by atoms with Gasteiger partial charge in [0, 0.05) is 43.3 Å². The highest BCUT2D eigenvalue weighted by Crippen LogP contribution is 2.41. The van der Waals surface area contributed by atoms with E-state index in [-0.39, 0.29) is 17.9 Å². The molecular weight excluding hydrogens is 489 g/mol. The Kier molecular flexibility index (Phi) is 6.02. The Hall–Kier alpha value is -3.57. The maximum Gasteiger partial charge on any atom is 0.255 e. The normalized spacial score (nSPS) is 17.1. The zero-order valence-electron chi connectivity index (χ0n) is 19.3. The molecule has 0 saturated carbocycles. The molecule has 2 heterocycles. The first-order valence-corrected chi connectivity index (χ1v) is 12.7. The van der Waals surface area contributed by atoms with Gasteiger partial charge < -0.3 is 15.6 Å². The van der Waals surface area contributed by atoms with Crippen molar-refractivity contribution in [3.8, 4) is 0 Å². The van der Waals surface area contributed by atoms with Crippen molar-refractivity contribution in [1.29, 1.82) is 0 Å². The standard InChI is InChI=1S/C30H23Cl2N3O/c31-20-14-12-18(13-15-20)30(36)34-21-7-5-6-19(16-21)28-29-27(23-9-2-4-11-26(23)35-29)24(17-33-28)22-8-1-3-10-25(22)32/h1-16,24,28,33,35H,17H2,(H,34,36)/p+1/t24-,28-/m1/s1. The topological polar surface area (TPSA) is 61.5 Å². The number of aromatic nitrogens is 1. The van der Waals surface area contributed by atoms with Gasteiger partial charge in [0.05, 0.1) is 18.2 Å². The highest BCUT2D eigenvalue weighted by molar-refractivity contribution is 6.31. The predicted octanol–water partition coefficient (Wildman–Crippen LogP) is 6.53. The summed E-state index contributed by atoms with van der Waals surface area (Å²) in [4.78, 5) is 16.5. The number of fused-ring (bicyclic) bond motifs is 3. The summed E-state index contributed by atoms with van der Waals surface area (Å²) < 4.78 is 0. The molecule has 1 aromatic heterocycles. The lowest BCUT2D eigenvalue weighted by atomic mass is 9.83. The van der Waals surface area contributed by atoms with E-state index in [0.29, 0.717) is 10.6 Å². The summed E-state index contributed by atoms with van der Waals surface area (Å²) in [6, 6.07) is 31.6. The van der Waals surface area contributed by atoms with Gasteiger partial charge in [-0.2, -0.15) is 0 Å². The smallest absolute Gasteiger partial charge is 0.255 e. The molecule has 1 aliphatic rings. The second-order valence-corrected chi connectivity index (χ2v) is 9.95. The van der Waals surface area contributed by atoms with Crippen LogP contribution in [0.4, 0.5) is 5.69 Å². The minimum absolute atomic E-state index is 0.0681. The Labute approximate surface area is 219 Å². The Morgan fingerprint density at radius 2 is 1.67 bits per heavy atom. The van der Waals surface area contributed by atoms with E-state index in [1.807, 2.05) is 24.3 Å². The molecule has 4 aromatic carbocycles. The highest BCUT2D eigenvalue weighted by Gasteiger charge is 2.36. The molecule has 178 valence electrons. The Balaban J connectivity index is 1.38. The number of anilines is 1. The van der Waals surface area contributed by atoms with Crippen molar-refractivity contribution in [2.75, 3.05) is 11.9 Å². The molecule has 4 N–H and O–H groups in total. The molecule has 5 aromatic rings. The number of quaternary nitrogens is 1. The van der Waals surface area contributed by atoms with Crippen molar-refractivity contribution >= 4 is 45.7 Å². The molecule has 6 heteroatoms. The first-order chi connectivity index (χ1) is 17.6. The lowest BCUT2D eigenvalue weighted by Crippen LogP contribution is -2.88. The Morgan fingerprint density at radius 1 is 0.889 bits per heavy atom. The van der Waals surface area contributed by atoms with Crippen LogP contribution in [0.5, 0.6) is 0 Å². The molecule has 6 rings (SSSR count). The summed E-state index contributed by atoms with van der Waals surface area (Å²) in [5.41, 5.74) is 7.17. The summed E-state index contributed by atoms with van der Waals surface area (Å²) >= 11 is 12.6. The van der Waals surface area contributed by atoms with E-state index in [0.717, 1.165) is 33.9 Å². The Bertz CT molecular complexity index is 1580. The molecular formula is C30H24Cl2N3O+. The first kappa shape index (κ1) is 22.9. The number of para-hydroxylation sites is 1. The van der Waals surface area contributed by atoms with Crippen molar-refractivity contribution in [3.05, 3.63) is 135 Å². The molecule has 1 amide bonds. The number of halogens is 2. The van der Waals surface area contributed by atoms with Gasteiger partial charge in [-0.15, -0.1) is 0 Å². The van der Waals surface area contributed by atoms with Crippen LogP contribution >= 0.6 is 23.2 Å². The molecule has 0 radical (unpaired) electrons. The van der Waals surface area contributed by atoms with Gasteiger partial charge in [0.2, 0.25) is 0 Å². The van der Waals surface area contributed by atoms with E-state index >= 15 is 0 Å². The second kappa shape index (κ2) is 9.47. The van der Waals surface area contributed by atoms with Crippen LogP contribution in [0.15, 0.2) is 97.1 Å². The summed E-state index contributed by atoms with van der Waals surface area (Å²) in [6.07, 6.45) is 0. The number of nitrogens with two attached hydrogens (primary N) is 1. The number of hydrogen-bond donors (Lipinski definition) is 3. The van der Waals surface area contributed by atoms with Gasteiger partial charge in [-0.25, -0.2) is 0 Å². The number of amides is 1. The third kappa shape index (κ3) is 4.18. The average Bonchev–Trinajstić information content (AvgIpc) is 3.29. The number of carbonyl (C=O) groups excluding carboxylic acids is 1. The predicted molar refractivity (Wildman–Crippen MR) is 146 cm³/mol. The van der Waals surface area contributed by atoms with Crippen LogP contribution in [0.25, 0.3) is 10.9 Å². The third-order valence-electron chi connectivity index (χ3n) is 6.93. The van der Waals surface area contributed by atoms with Crippen LogP contribution in [-0.2, 0) is 0 Å². The van der Waals surface area contributed by atoms with E-state index in [2.05, 4.69) is 64.1 Å². The summed E-state index contributed by atoms with van der Waals surface area (Å²) in [7, 11) is 0. The number of rotatable bonds is 4. The zero-order valence-corrected chi connectivity index (χ0v) is 20.9. The van der Waals surface area contributed by atoms with Crippen molar-refractivity contribution < 1.29 is 10.1 Å². The molecule has 0 aliphatic carbocycles. The number of nitrogens with one attached hydrogen (secondary N) is 2. The highest BCUT2D eigenvalue weighted by atomic mass is 35.5. The van der Waals surface area contributed by atoms with Gasteiger partial charge in [-0.3, -0.25) is 4.79 Å². The number of H-pyrrole nitrogens is 1. The number of aromatic amines is 1. The second-order valence-electron chi connectivity index (χ2n) is 9.11. The van der Waals surface area contributed by atoms with Crippen LogP contribution < -0.4 is 10.6 Å². The van der Waals surface area contributed by atoms with Crippen molar-refractivity contribution in [1.82, 2.24) is 4.98 Å². The van der Waals surface area contributed by atoms with E-state index in [4.69, 9.17) is 23.2 Å². The maximum atomic E-state index is 12.8. The molecule has 0 bridgehead atoms. The fourth-order valence-electron chi connectivity index (χ4n) is 5.27. The lowest BCUT2D eigenvalue weighted by Gasteiger charge is -2.29. The first-order valence-electron chi connectivity index (χ1n) is 11.9. The quantitative estimate of drug-likeness (QED) is 0.252. The van der Waals surface area contributed by atoms with Crippen molar-refractivity contribution in [3.63, 3.8) is 0 Å². The SMILES string of the molecule is O=C(Nc1cccc([C@H]2[NH2+]C[C@H](c3ccccc3Cl)c3c2[nH]c2ccccc32)c1)c1ccc(Cl)cc1. The molecule has 0 saturated heterocycles. The lowest BCUT2D eigenvalue weighted by molar-refractivity contribution is -0.692. The van der Waals surface area contributed by atoms with E-state index in [9.17, 15) is 4.79 Å². The largest absolute Gasteiger partial charge is 0.353 e. The minimum Gasteiger partial charge on any atom is -0.353 e. The molecule has 0 spiro atoms. The van der Waals surface area contributed by atoms with Gasteiger partial charge >= 0.3 is 0 Å². The van der Waals surface area contributed by atoms with Gasteiger partial charge in [0.15, 0.2) is 6.04 Å². The van der Waals surface area contributed by atoms with Crippen molar-refractivity contribution in [2.45, 2.75) is 12.0 Å². The summed E-state index contributed by atoms with van der Waals surface area (Å²) in [5, 5.41) is 8.00. The van der Waals surface area contributed by atoms with Crippen LogP contribution in [0.2, 0.25) is 10.0 Å². The fraction of sp³-hybridized carbons (Fsp3) is 0.100. The van der Waals surface area contributed by atoms with Gasteiger partial charge in [0.1, 0.15) is 0 Å². The summed E-state index contributed by atoms with van der Waals surface area (Å²) in [6.45, 7) is 0.866. The van der Waals surface area contributed by atoms with Gasteiger partial charge in [-0.05, 0) is 54.1 Å². The molecule has 36 heavy (non-hydrogen) atoms. The van der Waals surface area contributed by atoms with Crippen LogP contribution in [0.3, 0.4) is 0 Å². The van der Waals surface area contributed by atoms with Crippen LogP contribution in [-0.4, -0.2) is 17.4 Å². The Morgan fingerprint density at radius 3 is 2.50 bits per heavy atom. The summed E-state index contributed by atoms with van der Waals surface area (Å²) in [5.74, 6) is 0.00964. The third-order valence-corrected chi connectivity index (χ3v) is 7.53. The molecule has 4 nitrogen and oxygen atoms in total. The number of benzene rings is 4. The zero-order chi connectivity index (χ0) is 24.6. The van der Waals surface area contributed by atoms with Crippen LogP contribution in [0, 0.1) is 0 Å².